The number of hydrogen-bond donors (Lipinski definition) is 7. The number of ether oxygens (including phenoxy) is 1. The molecule has 1 saturated heterocycles. The number of unbranched alkanes of at least 4 members (excludes halogenated alkanes) is 14. The molecule has 212 valence electrons. The summed E-state index contributed by atoms with van der Waals surface area (Å²) in [6.45, 7) is 2.82. The van der Waals surface area contributed by atoms with Crippen molar-refractivity contribution in [2.75, 3.05) is 26.4 Å². The number of hydrogen-bond acceptors (Lipinski definition) is 8. The van der Waals surface area contributed by atoms with E-state index in [0.29, 0.717) is 6.42 Å². The number of carboxylic acid groups (broad SMARTS) is 1. The van der Waals surface area contributed by atoms with Gasteiger partial charge in [-0.05, 0) is 6.42 Å². The second-order valence-corrected chi connectivity index (χ2v) is 9.19. The monoisotopic (exact) mass is 510 g/mol. The van der Waals surface area contributed by atoms with Crippen molar-refractivity contribution in [2.24, 2.45) is 0 Å². The lowest BCUT2D eigenvalue weighted by molar-refractivity contribution is -0.137. The van der Waals surface area contributed by atoms with Crippen LogP contribution in [0.25, 0.3) is 0 Å². The average Bonchev–Trinajstić information content (AvgIpc) is 3.74. The highest BCUT2D eigenvalue weighted by Gasteiger charge is 2.29. The smallest absolute Gasteiger partial charge is 0.303 e. The summed E-state index contributed by atoms with van der Waals surface area (Å²) in [5.74, 6) is -0.653. The fourth-order valence-corrected chi connectivity index (χ4v) is 3.32. The van der Waals surface area contributed by atoms with E-state index in [4.69, 9.17) is 35.7 Å². The molecule has 9 heteroatoms. The molecular formula is C26H54O9. The number of rotatable bonds is 21. The lowest BCUT2D eigenvalue weighted by Crippen LogP contribution is -2.46. The number of epoxide rings is 1. The Bertz CT molecular complexity index is 418. The van der Waals surface area contributed by atoms with E-state index in [1.54, 1.807) is 0 Å². The first kappa shape index (κ1) is 36.3. The number of aliphatic carboxylic acids is 1. The van der Waals surface area contributed by atoms with Crippen molar-refractivity contribution in [3.05, 3.63) is 0 Å². The average molecular weight is 511 g/mol. The van der Waals surface area contributed by atoms with Crippen LogP contribution in [0.4, 0.5) is 0 Å². The summed E-state index contributed by atoms with van der Waals surface area (Å²) in [7, 11) is 0. The van der Waals surface area contributed by atoms with Gasteiger partial charge in [-0.1, -0.05) is 96.8 Å². The van der Waals surface area contributed by atoms with Crippen molar-refractivity contribution in [1.29, 1.82) is 0 Å². The second kappa shape index (κ2) is 27.8. The van der Waals surface area contributed by atoms with Gasteiger partial charge in [-0.25, -0.2) is 0 Å². The third-order valence-electron chi connectivity index (χ3n) is 5.71. The van der Waals surface area contributed by atoms with Crippen LogP contribution >= 0.6 is 0 Å². The Morgan fingerprint density at radius 3 is 1.14 bits per heavy atom. The molecule has 0 bridgehead atoms. The van der Waals surface area contributed by atoms with Crippen LogP contribution in [0.2, 0.25) is 0 Å². The summed E-state index contributed by atoms with van der Waals surface area (Å²) in [6.07, 6.45) is 13.8. The molecular weight excluding hydrogens is 456 g/mol. The van der Waals surface area contributed by atoms with Crippen molar-refractivity contribution in [3.63, 3.8) is 0 Å². The SMILES string of the molecule is C1CO1.CCCCCCCCCCCCCCCCCC(=O)O.OCC(O)C(O)C(O)C(O)CO. The molecule has 0 aromatic rings. The van der Waals surface area contributed by atoms with E-state index in [1.165, 1.54) is 83.5 Å². The van der Waals surface area contributed by atoms with Gasteiger partial charge in [0.2, 0.25) is 0 Å². The maximum absolute atomic E-state index is 10.3. The minimum absolute atomic E-state index is 0.345. The van der Waals surface area contributed by atoms with Crippen LogP contribution in [-0.2, 0) is 9.53 Å². The summed E-state index contributed by atoms with van der Waals surface area (Å²) in [4.78, 5) is 10.3. The highest BCUT2D eigenvalue weighted by Crippen LogP contribution is 2.13. The Hall–Kier alpha value is -0.810. The molecule has 1 fully saturated rings. The maximum atomic E-state index is 10.3. The zero-order valence-corrected chi connectivity index (χ0v) is 21.9. The van der Waals surface area contributed by atoms with Crippen LogP contribution in [-0.4, -0.2) is 92.6 Å². The van der Waals surface area contributed by atoms with Crippen LogP contribution in [0.15, 0.2) is 0 Å². The first-order valence-corrected chi connectivity index (χ1v) is 13.5. The van der Waals surface area contributed by atoms with Gasteiger partial charge in [0.1, 0.15) is 24.4 Å². The summed E-state index contributed by atoms with van der Waals surface area (Å²) < 4.78 is 4.50. The standard InChI is InChI=1S/C18H36O2.C6H14O6.C2H4O/c1-2-3-4-5-6-7-8-9-10-11-12-13-14-15-16-17-18(19)20;7-1-3(9)5(11)6(12)4(10)2-8;1-2-3-1/h2-17H2,1H3,(H,19,20);3-12H,1-2H2;1-2H2. The molecule has 0 aromatic heterocycles. The van der Waals surface area contributed by atoms with Gasteiger partial charge in [0.15, 0.2) is 0 Å². The first-order chi connectivity index (χ1) is 16.8. The van der Waals surface area contributed by atoms with Crippen molar-refractivity contribution in [1.82, 2.24) is 0 Å². The third kappa shape index (κ3) is 29.3. The number of aliphatic hydroxyl groups is 6. The van der Waals surface area contributed by atoms with E-state index in [9.17, 15) is 4.79 Å². The second-order valence-electron chi connectivity index (χ2n) is 9.19. The molecule has 1 heterocycles. The number of carboxylic acids is 1. The molecule has 0 aliphatic carbocycles. The predicted octanol–water partition coefficient (Wildman–Crippen LogP) is 2.76. The molecule has 0 saturated carbocycles. The Labute approximate surface area is 212 Å². The molecule has 9 nitrogen and oxygen atoms in total. The normalized spacial score (nSPS) is 15.6. The van der Waals surface area contributed by atoms with E-state index >= 15 is 0 Å². The van der Waals surface area contributed by atoms with E-state index in [2.05, 4.69) is 11.7 Å². The Morgan fingerprint density at radius 2 is 0.914 bits per heavy atom. The molecule has 0 radical (unpaired) electrons. The molecule has 4 atom stereocenters. The molecule has 0 spiro atoms. The van der Waals surface area contributed by atoms with Crippen LogP contribution in [0.5, 0.6) is 0 Å². The van der Waals surface area contributed by atoms with E-state index in [-0.39, 0.29) is 0 Å². The van der Waals surface area contributed by atoms with Crippen LogP contribution in [0.1, 0.15) is 110 Å². The molecule has 0 aromatic carbocycles. The van der Waals surface area contributed by atoms with Gasteiger partial charge >= 0.3 is 5.97 Å². The summed E-state index contributed by atoms with van der Waals surface area (Å²) in [6, 6.07) is 0. The van der Waals surface area contributed by atoms with Crippen LogP contribution in [0, 0.1) is 0 Å². The Balaban J connectivity index is 0. The highest BCUT2D eigenvalue weighted by atomic mass is 16.6. The zero-order chi connectivity index (χ0) is 26.7. The van der Waals surface area contributed by atoms with Gasteiger partial charge in [0.25, 0.3) is 0 Å². The number of carbonyl (C=O) groups is 1. The molecule has 4 unspecified atom stereocenters. The van der Waals surface area contributed by atoms with E-state index in [1.807, 2.05) is 0 Å². The fourth-order valence-electron chi connectivity index (χ4n) is 3.32. The summed E-state index contributed by atoms with van der Waals surface area (Å²) in [5.41, 5.74) is 0. The molecule has 7 N–H and O–H groups in total. The minimum Gasteiger partial charge on any atom is -0.481 e. The van der Waals surface area contributed by atoms with Crippen LogP contribution < -0.4 is 0 Å². The maximum Gasteiger partial charge on any atom is 0.303 e. The Morgan fingerprint density at radius 1 is 0.629 bits per heavy atom. The lowest BCUT2D eigenvalue weighted by Gasteiger charge is -2.24. The highest BCUT2D eigenvalue weighted by molar-refractivity contribution is 5.66. The number of aliphatic hydroxyl groups excluding tert-OH is 6. The molecule has 0 amide bonds. The van der Waals surface area contributed by atoms with E-state index < -0.39 is 43.6 Å². The fraction of sp³-hybridized carbons (Fsp3) is 0.962. The van der Waals surface area contributed by atoms with Gasteiger partial charge in [0, 0.05) is 6.42 Å². The van der Waals surface area contributed by atoms with Crippen molar-refractivity contribution in [3.8, 4) is 0 Å². The summed E-state index contributed by atoms with van der Waals surface area (Å²) >= 11 is 0. The van der Waals surface area contributed by atoms with E-state index in [0.717, 1.165) is 26.1 Å². The molecule has 35 heavy (non-hydrogen) atoms. The predicted molar refractivity (Wildman–Crippen MR) is 136 cm³/mol. The molecule has 1 aliphatic heterocycles. The van der Waals surface area contributed by atoms with Crippen LogP contribution in [0.3, 0.4) is 0 Å². The van der Waals surface area contributed by atoms with Gasteiger partial charge in [-0.2, -0.15) is 0 Å². The minimum atomic E-state index is -1.67. The molecule has 1 aliphatic rings. The summed E-state index contributed by atoms with van der Waals surface area (Å²) in [5, 5.41) is 60.7. The van der Waals surface area contributed by atoms with Crippen molar-refractivity contribution >= 4 is 5.97 Å². The quantitative estimate of drug-likeness (QED) is 0.0905. The van der Waals surface area contributed by atoms with Gasteiger partial charge in [-0.15, -0.1) is 0 Å². The van der Waals surface area contributed by atoms with Gasteiger partial charge in [0.05, 0.1) is 26.4 Å². The van der Waals surface area contributed by atoms with Crippen molar-refractivity contribution in [2.45, 2.75) is 134 Å². The third-order valence-corrected chi connectivity index (χ3v) is 5.71. The topological polar surface area (TPSA) is 171 Å². The van der Waals surface area contributed by atoms with Gasteiger partial charge < -0.3 is 40.5 Å². The zero-order valence-electron chi connectivity index (χ0n) is 21.9. The largest absolute Gasteiger partial charge is 0.481 e. The van der Waals surface area contributed by atoms with Gasteiger partial charge in [-0.3, -0.25) is 4.79 Å². The first-order valence-electron chi connectivity index (χ1n) is 13.5. The van der Waals surface area contributed by atoms with Crippen molar-refractivity contribution < 1.29 is 45.3 Å². The lowest BCUT2D eigenvalue weighted by atomic mass is 10.0. The molecule has 1 rings (SSSR count). The Kier molecular flexibility index (Phi) is 28.8.